The van der Waals surface area contributed by atoms with E-state index in [1.807, 2.05) is 37.3 Å². The summed E-state index contributed by atoms with van der Waals surface area (Å²) in [6.45, 7) is 2.45. The summed E-state index contributed by atoms with van der Waals surface area (Å²) >= 11 is 1.52. The smallest absolute Gasteiger partial charge is 0.238 e. The SMILES string of the molecule is CCOc1nc(Sc2ccccc2OC)ccc1N. The molecule has 0 radical (unpaired) electrons. The Labute approximate surface area is 116 Å². The highest BCUT2D eigenvalue weighted by molar-refractivity contribution is 7.99. The third kappa shape index (κ3) is 3.32. The number of ether oxygens (including phenoxy) is 2. The van der Waals surface area contributed by atoms with Gasteiger partial charge in [-0.25, -0.2) is 4.98 Å². The molecule has 0 fully saturated rings. The van der Waals surface area contributed by atoms with Crippen LogP contribution < -0.4 is 15.2 Å². The van der Waals surface area contributed by atoms with Gasteiger partial charge in [-0.15, -0.1) is 0 Å². The van der Waals surface area contributed by atoms with Crippen LogP contribution in [0, 0.1) is 0 Å². The van der Waals surface area contributed by atoms with Gasteiger partial charge in [0.15, 0.2) is 0 Å². The van der Waals surface area contributed by atoms with E-state index in [0.29, 0.717) is 18.2 Å². The number of rotatable bonds is 5. The number of para-hydroxylation sites is 1. The summed E-state index contributed by atoms with van der Waals surface area (Å²) in [4.78, 5) is 5.40. The molecule has 2 aromatic rings. The second-order valence-electron chi connectivity index (χ2n) is 3.73. The lowest BCUT2D eigenvalue weighted by Gasteiger charge is -2.09. The number of hydrogen-bond acceptors (Lipinski definition) is 5. The van der Waals surface area contributed by atoms with Gasteiger partial charge in [-0.1, -0.05) is 23.9 Å². The molecular formula is C14H16N2O2S. The molecule has 0 atom stereocenters. The van der Waals surface area contributed by atoms with Gasteiger partial charge >= 0.3 is 0 Å². The van der Waals surface area contributed by atoms with Crippen molar-refractivity contribution in [1.29, 1.82) is 0 Å². The molecule has 0 amide bonds. The molecule has 1 heterocycles. The molecule has 0 saturated carbocycles. The Morgan fingerprint density at radius 3 is 2.74 bits per heavy atom. The zero-order valence-electron chi connectivity index (χ0n) is 10.9. The molecule has 0 saturated heterocycles. The van der Waals surface area contributed by atoms with E-state index in [-0.39, 0.29) is 0 Å². The molecule has 0 bridgehead atoms. The van der Waals surface area contributed by atoms with Gasteiger partial charge in [0.25, 0.3) is 0 Å². The topological polar surface area (TPSA) is 57.4 Å². The van der Waals surface area contributed by atoms with Crippen molar-refractivity contribution in [3.63, 3.8) is 0 Å². The van der Waals surface area contributed by atoms with Gasteiger partial charge in [-0.2, -0.15) is 0 Å². The summed E-state index contributed by atoms with van der Waals surface area (Å²) in [7, 11) is 1.65. The number of hydrogen-bond donors (Lipinski definition) is 1. The lowest BCUT2D eigenvalue weighted by Crippen LogP contribution is -1.99. The zero-order chi connectivity index (χ0) is 13.7. The number of benzene rings is 1. The Morgan fingerprint density at radius 1 is 1.21 bits per heavy atom. The molecule has 19 heavy (non-hydrogen) atoms. The van der Waals surface area contributed by atoms with E-state index in [0.717, 1.165) is 15.7 Å². The molecule has 4 nitrogen and oxygen atoms in total. The van der Waals surface area contributed by atoms with Crippen LogP contribution in [-0.4, -0.2) is 18.7 Å². The lowest BCUT2D eigenvalue weighted by atomic mass is 10.3. The largest absolute Gasteiger partial charge is 0.496 e. The highest BCUT2D eigenvalue weighted by Crippen LogP contribution is 2.35. The van der Waals surface area contributed by atoms with Crippen molar-refractivity contribution < 1.29 is 9.47 Å². The number of nitrogens with two attached hydrogens (primary N) is 1. The molecule has 2 N–H and O–H groups in total. The standard InChI is InChI=1S/C14H16N2O2S/c1-3-18-14-10(15)8-9-13(16-14)19-12-7-5-4-6-11(12)17-2/h4-9H,3,15H2,1-2H3. The first-order valence-corrected chi connectivity index (χ1v) is 6.76. The number of methoxy groups -OCH3 is 1. The summed E-state index contributed by atoms with van der Waals surface area (Å²) < 4.78 is 10.7. The molecule has 1 aromatic heterocycles. The predicted molar refractivity (Wildman–Crippen MR) is 76.9 cm³/mol. The molecule has 100 valence electrons. The first kappa shape index (κ1) is 13.5. The van der Waals surface area contributed by atoms with Gasteiger partial charge in [0, 0.05) is 0 Å². The van der Waals surface area contributed by atoms with Gasteiger partial charge in [0.2, 0.25) is 5.88 Å². The average Bonchev–Trinajstić information content (AvgIpc) is 2.43. The number of nitrogens with zero attached hydrogens (tertiary/aromatic N) is 1. The van der Waals surface area contributed by atoms with Gasteiger partial charge < -0.3 is 15.2 Å². The maximum atomic E-state index is 5.80. The Hall–Kier alpha value is -1.88. The second kappa shape index (κ2) is 6.33. The van der Waals surface area contributed by atoms with Crippen LogP contribution in [0.25, 0.3) is 0 Å². The van der Waals surface area contributed by atoms with Crippen molar-refractivity contribution >= 4 is 17.4 Å². The Kier molecular flexibility index (Phi) is 4.52. The molecular weight excluding hydrogens is 260 g/mol. The maximum Gasteiger partial charge on any atom is 0.238 e. The molecule has 0 unspecified atom stereocenters. The van der Waals surface area contributed by atoms with Gasteiger partial charge in [0.05, 0.1) is 24.3 Å². The monoisotopic (exact) mass is 276 g/mol. The number of aromatic nitrogens is 1. The summed E-state index contributed by atoms with van der Waals surface area (Å²) in [6, 6.07) is 11.5. The van der Waals surface area contributed by atoms with Crippen molar-refractivity contribution in [3.05, 3.63) is 36.4 Å². The first-order chi connectivity index (χ1) is 9.24. The van der Waals surface area contributed by atoms with Gasteiger partial charge in [-0.05, 0) is 31.2 Å². The van der Waals surface area contributed by atoms with E-state index < -0.39 is 0 Å². The predicted octanol–water partition coefficient (Wildman–Crippen LogP) is 3.22. The van der Waals surface area contributed by atoms with Crippen LogP contribution in [-0.2, 0) is 0 Å². The van der Waals surface area contributed by atoms with Crippen LogP contribution in [0.5, 0.6) is 11.6 Å². The van der Waals surface area contributed by atoms with E-state index in [1.165, 1.54) is 11.8 Å². The minimum absolute atomic E-state index is 0.474. The summed E-state index contributed by atoms with van der Waals surface area (Å²) in [5, 5.41) is 0.821. The average molecular weight is 276 g/mol. The molecule has 5 heteroatoms. The zero-order valence-corrected chi connectivity index (χ0v) is 11.7. The molecule has 2 rings (SSSR count). The fourth-order valence-corrected chi connectivity index (χ4v) is 2.45. The van der Waals surface area contributed by atoms with Crippen molar-refractivity contribution in [1.82, 2.24) is 4.98 Å². The third-order valence-electron chi connectivity index (χ3n) is 2.43. The highest BCUT2D eigenvalue weighted by Gasteiger charge is 2.08. The molecule has 0 aliphatic carbocycles. The van der Waals surface area contributed by atoms with Crippen molar-refractivity contribution in [2.24, 2.45) is 0 Å². The van der Waals surface area contributed by atoms with E-state index in [4.69, 9.17) is 15.2 Å². The first-order valence-electron chi connectivity index (χ1n) is 5.94. The highest BCUT2D eigenvalue weighted by atomic mass is 32.2. The van der Waals surface area contributed by atoms with E-state index in [9.17, 15) is 0 Å². The Balaban J connectivity index is 2.25. The maximum absolute atomic E-state index is 5.80. The Bertz CT molecular complexity index is 561. The molecule has 1 aromatic carbocycles. The van der Waals surface area contributed by atoms with Crippen LogP contribution in [0.4, 0.5) is 5.69 Å². The fraction of sp³-hybridized carbons (Fsp3) is 0.214. The van der Waals surface area contributed by atoms with Crippen molar-refractivity contribution in [2.75, 3.05) is 19.5 Å². The van der Waals surface area contributed by atoms with E-state index >= 15 is 0 Å². The van der Waals surface area contributed by atoms with Crippen molar-refractivity contribution in [3.8, 4) is 11.6 Å². The Morgan fingerprint density at radius 2 is 2.00 bits per heavy atom. The number of pyridine rings is 1. The van der Waals surface area contributed by atoms with Crippen LogP contribution in [0.15, 0.2) is 46.3 Å². The molecule has 0 aliphatic heterocycles. The van der Waals surface area contributed by atoms with Crippen LogP contribution in [0.1, 0.15) is 6.92 Å². The van der Waals surface area contributed by atoms with Gasteiger partial charge in [0.1, 0.15) is 10.8 Å². The van der Waals surface area contributed by atoms with E-state index in [1.54, 1.807) is 13.2 Å². The minimum atomic E-state index is 0.474. The van der Waals surface area contributed by atoms with Crippen LogP contribution >= 0.6 is 11.8 Å². The van der Waals surface area contributed by atoms with Gasteiger partial charge in [-0.3, -0.25) is 0 Å². The van der Waals surface area contributed by atoms with Crippen molar-refractivity contribution in [2.45, 2.75) is 16.8 Å². The van der Waals surface area contributed by atoms with Crippen LogP contribution in [0.2, 0.25) is 0 Å². The van der Waals surface area contributed by atoms with E-state index in [2.05, 4.69) is 4.98 Å². The molecule has 0 aliphatic rings. The number of anilines is 1. The third-order valence-corrected chi connectivity index (χ3v) is 3.42. The normalized spacial score (nSPS) is 10.2. The summed E-state index contributed by atoms with van der Waals surface area (Å²) in [6.07, 6.45) is 0. The number of nitrogen functional groups attached to an aromatic ring is 1. The van der Waals surface area contributed by atoms with Crippen LogP contribution in [0.3, 0.4) is 0 Å². The fourth-order valence-electron chi connectivity index (χ4n) is 1.56. The second-order valence-corrected chi connectivity index (χ2v) is 4.79. The summed E-state index contributed by atoms with van der Waals surface area (Å²) in [5.74, 6) is 1.30. The lowest BCUT2D eigenvalue weighted by molar-refractivity contribution is 0.326. The quantitative estimate of drug-likeness (QED) is 0.908. The summed E-state index contributed by atoms with van der Waals surface area (Å²) in [5.41, 5.74) is 6.35. The molecule has 0 spiro atoms. The minimum Gasteiger partial charge on any atom is -0.496 e.